The van der Waals surface area contributed by atoms with Gasteiger partial charge in [-0.25, -0.2) is 0 Å². The molecule has 1 aliphatic heterocycles. The summed E-state index contributed by atoms with van der Waals surface area (Å²) in [5.41, 5.74) is 0. The zero-order valence-electron chi connectivity index (χ0n) is 16.6. The van der Waals surface area contributed by atoms with Crippen molar-refractivity contribution in [3.05, 3.63) is 24.3 Å². The molecule has 0 bridgehead atoms. The van der Waals surface area contributed by atoms with Crippen molar-refractivity contribution >= 4 is 5.91 Å². The highest BCUT2D eigenvalue weighted by Gasteiger charge is 2.25. The van der Waals surface area contributed by atoms with Gasteiger partial charge >= 0.3 is 0 Å². The van der Waals surface area contributed by atoms with Gasteiger partial charge in [0.05, 0.1) is 13.7 Å². The third kappa shape index (κ3) is 6.42. The highest BCUT2D eigenvalue weighted by molar-refractivity contribution is 5.79. The molecule has 1 aromatic rings. The standard InChI is InChI=1S/C22H34N2O3/c1-26-20-8-10-21(11-9-20)27-17-5-14-24-15-12-19(13-16-24)23-22(25)18-6-3-2-4-7-18/h8-11,18-19H,2-7,12-17H2,1H3,(H,23,25). The van der Waals surface area contributed by atoms with Gasteiger partial charge in [-0.05, 0) is 56.4 Å². The normalized spacial score (nSPS) is 19.6. The molecule has 1 saturated carbocycles. The molecule has 1 N–H and O–H groups in total. The Morgan fingerprint density at radius 3 is 2.37 bits per heavy atom. The molecule has 1 aliphatic carbocycles. The lowest BCUT2D eigenvalue weighted by atomic mass is 9.88. The van der Waals surface area contributed by atoms with Crippen LogP contribution in [-0.2, 0) is 4.79 Å². The third-order valence-corrected chi connectivity index (χ3v) is 5.86. The Hall–Kier alpha value is -1.75. The summed E-state index contributed by atoms with van der Waals surface area (Å²) in [6.07, 6.45) is 9.05. The van der Waals surface area contributed by atoms with E-state index in [4.69, 9.17) is 9.47 Å². The summed E-state index contributed by atoms with van der Waals surface area (Å²) >= 11 is 0. The van der Waals surface area contributed by atoms with E-state index in [1.807, 2.05) is 24.3 Å². The molecule has 1 aromatic carbocycles. The second-order valence-electron chi connectivity index (χ2n) is 7.84. The predicted octanol–water partition coefficient (Wildman–Crippen LogP) is 3.63. The molecule has 3 rings (SSSR count). The molecule has 0 spiro atoms. The van der Waals surface area contributed by atoms with Crippen molar-refractivity contribution in [1.82, 2.24) is 10.2 Å². The zero-order valence-corrected chi connectivity index (χ0v) is 16.6. The zero-order chi connectivity index (χ0) is 18.9. The molecule has 1 amide bonds. The van der Waals surface area contributed by atoms with E-state index >= 15 is 0 Å². The molecule has 5 nitrogen and oxygen atoms in total. The Morgan fingerprint density at radius 2 is 1.70 bits per heavy atom. The summed E-state index contributed by atoms with van der Waals surface area (Å²) in [5.74, 6) is 2.31. The van der Waals surface area contributed by atoms with E-state index in [0.717, 1.165) is 69.8 Å². The Labute approximate surface area is 163 Å². The van der Waals surface area contributed by atoms with Crippen LogP contribution >= 0.6 is 0 Å². The van der Waals surface area contributed by atoms with Gasteiger partial charge in [0.15, 0.2) is 0 Å². The van der Waals surface area contributed by atoms with Crippen LogP contribution in [0.15, 0.2) is 24.3 Å². The quantitative estimate of drug-likeness (QED) is 0.706. The van der Waals surface area contributed by atoms with Gasteiger partial charge in [0.1, 0.15) is 11.5 Å². The largest absolute Gasteiger partial charge is 0.497 e. The maximum absolute atomic E-state index is 12.4. The van der Waals surface area contributed by atoms with Gasteiger partial charge in [-0.15, -0.1) is 0 Å². The van der Waals surface area contributed by atoms with E-state index in [0.29, 0.717) is 11.9 Å². The molecule has 2 fully saturated rings. The molecule has 2 aliphatic rings. The number of piperidine rings is 1. The first-order valence-electron chi connectivity index (χ1n) is 10.5. The highest BCUT2D eigenvalue weighted by atomic mass is 16.5. The minimum absolute atomic E-state index is 0.270. The Balaban J connectivity index is 1.27. The number of amides is 1. The highest BCUT2D eigenvalue weighted by Crippen LogP contribution is 2.24. The van der Waals surface area contributed by atoms with Crippen LogP contribution in [0.3, 0.4) is 0 Å². The van der Waals surface area contributed by atoms with Crippen molar-refractivity contribution in [2.75, 3.05) is 33.4 Å². The average molecular weight is 375 g/mol. The van der Waals surface area contributed by atoms with Crippen LogP contribution in [0.2, 0.25) is 0 Å². The van der Waals surface area contributed by atoms with Gasteiger partial charge in [-0.3, -0.25) is 4.79 Å². The van der Waals surface area contributed by atoms with Crippen molar-refractivity contribution in [2.24, 2.45) is 5.92 Å². The number of nitrogens with zero attached hydrogens (tertiary/aromatic N) is 1. The van der Waals surface area contributed by atoms with Crippen LogP contribution < -0.4 is 14.8 Å². The second kappa shape index (κ2) is 10.5. The number of carbonyl (C=O) groups is 1. The minimum atomic E-state index is 0.270. The molecule has 27 heavy (non-hydrogen) atoms. The summed E-state index contributed by atoms with van der Waals surface area (Å²) in [5, 5.41) is 3.31. The minimum Gasteiger partial charge on any atom is -0.497 e. The topological polar surface area (TPSA) is 50.8 Å². The Morgan fingerprint density at radius 1 is 1.04 bits per heavy atom. The first-order chi connectivity index (χ1) is 13.2. The molecule has 0 unspecified atom stereocenters. The predicted molar refractivity (Wildman–Crippen MR) is 107 cm³/mol. The maximum atomic E-state index is 12.4. The van der Waals surface area contributed by atoms with Gasteiger partial charge in [0, 0.05) is 31.6 Å². The van der Waals surface area contributed by atoms with Crippen molar-refractivity contribution in [3.63, 3.8) is 0 Å². The van der Waals surface area contributed by atoms with Crippen molar-refractivity contribution in [1.29, 1.82) is 0 Å². The van der Waals surface area contributed by atoms with Crippen LogP contribution in [0.5, 0.6) is 11.5 Å². The summed E-state index contributed by atoms with van der Waals surface area (Å²) in [4.78, 5) is 14.9. The number of likely N-dealkylation sites (tertiary alicyclic amines) is 1. The molecule has 0 radical (unpaired) electrons. The van der Waals surface area contributed by atoms with Crippen LogP contribution in [-0.4, -0.2) is 50.2 Å². The van der Waals surface area contributed by atoms with Crippen LogP contribution in [0.4, 0.5) is 0 Å². The fourth-order valence-corrected chi connectivity index (χ4v) is 4.13. The van der Waals surface area contributed by atoms with Gasteiger partial charge in [-0.1, -0.05) is 19.3 Å². The number of hydrogen-bond donors (Lipinski definition) is 1. The summed E-state index contributed by atoms with van der Waals surface area (Å²) in [7, 11) is 1.67. The lowest BCUT2D eigenvalue weighted by Crippen LogP contribution is -2.46. The third-order valence-electron chi connectivity index (χ3n) is 5.86. The maximum Gasteiger partial charge on any atom is 0.223 e. The molecular formula is C22H34N2O3. The smallest absolute Gasteiger partial charge is 0.223 e. The second-order valence-corrected chi connectivity index (χ2v) is 7.84. The van der Waals surface area contributed by atoms with Crippen molar-refractivity contribution in [3.8, 4) is 11.5 Å². The first-order valence-corrected chi connectivity index (χ1v) is 10.5. The lowest BCUT2D eigenvalue weighted by molar-refractivity contribution is -0.127. The monoisotopic (exact) mass is 374 g/mol. The number of benzene rings is 1. The Kier molecular flexibility index (Phi) is 7.81. The Bertz CT molecular complexity index is 561. The first kappa shape index (κ1) is 20.0. The molecular weight excluding hydrogens is 340 g/mol. The molecule has 0 aromatic heterocycles. The number of nitrogens with one attached hydrogen (secondary N) is 1. The molecule has 1 heterocycles. The number of carbonyl (C=O) groups excluding carboxylic acids is 1. The van der Waals surface area contributed by atoms with Crippen LogP contribution in [0, 0.1) is 5.92 Å². The fourth-order valence-electron chi connectivity index (χ4n) is 4.13. The van der Waals surface area contributed by atoms with Gasteiger partial charge < -0.3 is 19.7 Å². The van der Waals surface area contributed by atoms with Crippen molar-refractivity contribution in [2.45, 2.75) is 57.4 Å². The number of hydrogen-bond acceptors (Lipinski definition) is 4. The number of methoxy groups -OCH3 is 1. The average Bonchev–Trinajstić information content (AvgIpc) is 2.73. The molecule has 5 heteroatoms. The van der Waals surface area contributed by atoms with E-state index in [9.17, 15) is 4.79 Å². The number of rotatable bonds is 8. The van der Waals surface area contributed by atoms with Gasteiger partial charge in [-0.2, -0.15) is 0 Å². The van der Waals surface area contributed by atoms with E-state index in [-0.39, 0.29) is 5.92 Å². The summed E-state index contributed by atoms with van der Waals surface area (Å²) in [6.45, 7) is 3.92. The van der Waals surface area contributed by atoms with Crippen LogP contribution in [0.25, 0.3) is 0 Å². The van der Waals surface area contributed by atoms with E-state index in [2.05, 4.69) is 10.2 Å². The van der Waals surface area contributed by atoms with E-state index in [1.54, 1.807) is 7.11 Å². The SMILES string of the molecule is COc1ccc(OCCCN2CCC(NC(=O)C3CCCCC3)CC2)cc1. The fraction of sp³-hybridized carbons (Fsp3) is 0.682. The molecule has 0 atom stereocenters. The number of ether oxygens (including phenoxy) is 2. The summed E-state index contributed by atoms with van der Waals surface area (Å²) < 4.78 is 11.0. The lowest BCUT2D eigenvalue weighted by Gasteiger charge is -2.33. The van der Waals surface area contributed by atoms with Gasteiger partial charge in [0.25, 0.3) is 0 Å². The van der Waals surface area contributed by atoms with E-state index in [1.165, 1.54) is 19.3 Å². The van der Waals surface area contributed by atoms with Crippen molar-refractivity contribution < 1.29 is 14.3 Å². The van der Waals surface area contributed by atoms with Crippen LogP contribution in [0.1, 0.15) is 51.4 Å². The van der Waals surface area contributed by atoms with E-state index < -0.39 is 0 Å². The molecule has 150 valence electrons. The summed E-state index contributed by atoms with van der Waals surface area (Å²) in [6, 6.07) is 8.09. The molecule has 1 saturated heterocycles. The van der Waals surface area contributed by atoms with Gasteiger partial charge in [0.2, 0.25) is 5.91 Å².